The zero-order valence-electron chi connectivity index (χ0n) is 34.6. The number of carboxylic acids is 2. The van der Waals surface area contributed by atoms with Gasteiger partial charge in [0.2, 0.25) is 31.8 Å². The summed E-state index contributed by atoms with van der Waals surface area (Å²) in [5.41, 5.74) is 5.21. The van der Waals surface area contributed by atoms with Crippen molar-refractivity contribution in [2.45, 2.75) is 86.4 Å². The SMILES string of the molecule is CC(C)(C)OC(=O)CC/C(=C\F)COc1ccc(S(=O)(=O)N2CC[C@H](O)C2)cn1.NC/C(=C\F)COc1ccc(S(=O)(=O)N2CC[C@H](O)C2)cn1.O=C(O)C(F)(F)F.O=C(O)C(F)(F)F. The molecule has 368 valence electrons. The zero-order chi connectivity index (χ0) is 50.0. The van der Waals surface area contributed by atoms with E-state index in [0.717, 1.165) is 6.20 Å². The van der Waals surface area contributed by atoms with Crippen molar-refractivity contribution in [3.63, 3.8) is 0 Å². The Balaban J connectivity index is 0.000000512. The molecule has 65 heavy (non-hydrogen) atoms. The molecule has 0 radical (unpaired) electrons. The second-order valence-corrected chi connectivity index (χ2v) is 18.2. The molecule has 0 saturated carbocycles. The van der Waals surface area contributed by atoms with Crippen LogP contribution in [0.2, 0.25) is 0 Å². The van der Waals surface area contributed by atoms with Crippen LogP contribution < -0.4 is 15.2 Å². The Morgan fingerprint density at radius 1 is 0.723 bits per heavy atom. The molecular formula is C36H47F8N5O14S2. The van der Waals surface area contributed by atoms with Gasteiger partial charge in [-0.25, -0.2) is 45.2 Å². The minimum absolute atomic E-state index is 0.00914. The van der Waals surface area contributed by atoms with E-state index in [4.69, 9.17) is 39.7 Å². The molecule has 2 saturated heterocycles. The van der Waals surface area contributed by atoms with Gasteiger partial charge in [0, 0.05) is 56.9 Å². The lowest BCUT2D eigenvalue weighted by molar-refractivity contribution is -0.193. The first-order valence-corrected chi connectivity index (χ1v) is 21.4. The standard InChI is InChI=1S/C19H27FN2O6S.C13H18FN3O4S.2C2HF3O2/c1-19(2,3)28-18(24)7-4-14(10-20)13-27-17-6-5-16(11-21-17)29(25,26)22-9-8-15(23)12-22;14-5-10(6-15)9-21-13-2-1-12(7-16-13)22(19,20)17-4-3-11(18)8-17;2*3-2(4,5)1(6)7/h5-6,10-11,15,23H,4,7-9,12-13H2,1-3H3;1-2,5,7,11,18H,3-4,6,8-9,15H2;2*(H,6,7)/b14-10+;10-5+;;/t15-;11-;;/m00../s1. The smallest absolute Gasteiger partial charge is 0.475 e. The number of aliphatic hydroxyl groups is 2. The Labute approximate surface area is 367 Å². The Kier molecular flexibility index (Phi) is 22.8. The van der Waals surface area contributed by atoms with Gasteiger partial charge in [0.1, 0.15) is 28.6 Å². The van der Waals surface area contributed by atoms with Crippen LogP contribution in [0.3, 0.4) is 0 Å². The number of nitrogens with zero attached hydrogens (tertiary/aromatic N) is 4. The third-order valence-corrected chi connectivity index (χ3v) is 11.6. The van der Waals surface area contributed by atoms with Crippen LogP contribution in [-0.2, 0) is 39.2 Å². The van der Waals surface area contributed by atoms with E-state index in [1.165, 1.54) is 39.1 Å². The molecule has 2 aromatic rings. The number of carboxylic acid groups (broad SMARTS) is 2. The van der Waals surface area contributed by atoms with E-state index in [1.807, 2.05) is 0 Å². The highest BCUT2D eigenvalue weighted by molar-refractivity contribution is 7.89. The first-order chi connectivity index (χ1) is 29.9. The number of aliphatic hydroxyl groups excluding tert-OH is 2. The van der Waals surface area contributed by atoms with E-state index in [2.05, 4.69) is 9.97 Å². The lowest BCUT2D eigenvalue weighted by Crippen LogP contribution is -2.29. The summed E-state index contributed by atoms with van der Waals surface area (Å²) in [6.45, 7) is 5.78. The highest BCUT2D eigenvalue weighted by atomic mass is 32.2. The highest BCUT2D eigenvalue weighted by Crippen LogP contribution is 2.24. The number of halogens is 8. The number of hydrogen-bond acceptors (Lipinski definition) is 15. The minimum atomic E-state index is -5.08. The number of hydrogen-bond donors (Lipinski definition) is 5. The van der Waals surface area contributed by atoms with Crippen molar-refractivity contribution >= 4 is 38.0 Å². The molecule has 0 aliphatic carbocycles. The van der Waals surface area contributed by atoms with Crippen molar-refractivity contribution < 1.29 is 101 Å². The lowest BCUT2D eigenvalue weighted by Gasteiger charge is -2.19. The third kappa shape index (κ3) is 21.2. The van der Waals surface area contributed by atoms with Gasteiger partial charge in [-0.1, -0.05) is 0 Å². The summed E-state index contributed by atoms with van der Waals surface area (Å²) in [5, 5.41) is 33.2. The number of β-amino-alcohol motifs (C(OH)–C–C–N with tert-alkyl or cyclic N) is 2. The van der Waals surface area contributed by atoms with Crippen molar-refractivity contribution in [3.05, 3.63) is 60.5 Å². The van der Waals surface area contributed by atoms with Crippen LogP contribution in [0.15, 0.2) is 70.3 Å². The number of rotatable bonds is 14. The molecule has 29 heteroatoms. The van der Waals surface area contributed by atoms with Gasteiger partial charge in [-0.15, -0.1) is 0 Å². The molecule has 4 heterocycles. The summed E-state index contributed by atoms with van der Waals surface area (Å²) in [5.74, 6) is -5.65. The monoisotopic (exact) mass is 989 g/mol. The highest BCUT2D eigenvalue weighted by Gasteiger charge is 2.39. The maximum atomic E-state index is 13.1. The summed E-state index contributed by atoms with van der Waals surface area (Å²) < 4.78 is 157. The molecule has 2 aliphatic heterocycles. The molecule has 0 bridgehead atoms. The van der Waals surface area contributed by atoms with E-state index < -0.39 is 68.1 Å². The van der Waals surface area contributed by atoms with E-state index >= 15 is 0 Å². The van der Waals surface area contributed by atoms with E-state index in [9.17, 15) is 67.0 Å². The van der Waals surface area contributed by atoms with Gasteiger partial charge in [-0.2, -0.15) is 35.0 Å². The second kappa shape index (κ2) is 25.6. The van der Waals surface area contributed by atoms with Crippen molar-refractivity contribution in [1.29, 1.82) is 0 Å². The van der Waals surface area contributed by atoms with Crippen LogP contribution in [0, 0.1) is 0 Å². The number of carbonyl (C=O) groups excluding carboxylic acids is 1. The van der Waals surface area contributed by atoms with Crippen LogP contribution in [0.5, 0.6) is 11.8 Å². The third-order valence-electron chi connectivity index (χ3n) is 7.88. The van der Waals surface area contributed by atoms with E-state index in [0.29, 0.717) is 25.5 Å². The van der Waals surface area contributed by atoms with Gasteiger partial charge in [-0.05, 0) is 57.7 Å². The van der Waals surface area contributed by atoms with Crippen LogP contribution in [0.4, 0.5) is 35.1 Å². The van der Waals surface area contributed by atoms with Crippen LogP contribution in [0.25, 0.3) is 0 Å². The van der Waals surface area contributed by atoms with Crippen LogP contribution in [-0.4, -0.2) is 150 Å². The van der Waals surface area contributed by atoms with Crippen LogP contribution in [0.1, 0.15) is 46.5 Å². The molecule has 19 nitrogen and oxygen atoms in total. The summed E-state index contributed by atoms with van der Waals surface area (Å²) in [6, 6.07) is 5.49. The van der Waals surface area contributed by atoms with E-state index in [-0.39, 0.29) is 91.5 Å². The zero-order valence-corrected chi connectivity index (χ0v) is 36.3. The summed E-state index contributed by atoms with van der Waals surface area (Å²) in [6.07, 6.45) is -7.40. The Hall–Kier alpha value is -5.07. The van der Waals surface area contributed by atoms with Crippen molar-refractivity contribution in [3.8, 4) is 11.8 Å². The summed E-state index contributed by atoms with van der Waals surface area (Å²) >= 11 is 0. The quantitative estimate of drug-likeness (QED) is 0.134. The molecular weight excluding hydrogens is 943 g/mol. The predicted molar refractivity (Wildman–Crippen MR) is 208 cm³/mol. The molecule has 2 aliphatic rings. The largest absolute Gasteiger partial charge is 0.490 e. The molecule has 2 atom stereocenters. The number of ether oxygens (including phenoxy) is 3. The minimum Gasteiger partial charge on any atom is -0.475 e. The fraction of sp³-hybridized carbons (Fsp3) is 0.528. The number of pyridine rings is 2. The summed E-state index contributed by atoms with van der Waals surface area (Å²) in [7, 11) is -7.39. The van der Waals surface area contributed by atoms with Gasteiger partial charge in [-0.3, -0.25) is 4.79 Å². The maximum Gasteiger partial charge on any atom is 0.490 e. The summed E-state index contributed by atoms with van der Waals surface area (Å²) in [4.78, 5) is 37.4. The molecule has 0 spiro atoms. The maximum absolute atomic E-state index is 13.1. The fourth-order valence-electron chi connectivity index (χ4n) is 4.65. The molecule has 2 fully saturated rings. The number of carbonyl (C=O) groups is 3. The first-order valence-electron chi connectivity index (χ1n) is 18.5. The second-order valence-electron chi connectivity index (χ2n) is 14.3. The first kappa shape index (κ1) is 57.9. The van der Waals surface area contributed by atoms with Gasteiger partial charge in [0.05, 0.1) is 37.3 Å². The number of sulfonamides is 2. The Bertz CT molecular complexity index is 2110. The molecule has 0 unspecified atom stereocenters. The Morgan fingerprint density at radius 3 is 1.35 bits per heavy atom. The molecule has 0 aromatic carbocycles. The topological polar surface area (TPSA) is 286 Å². The van der Waals surface area contributed by atoms with Gasteiger partial charge in [0.15, 0.2) is 0 Å². The lowest BCUT2D eigenvalue weighted by atomic mass is 10.1. The molecule has 6 N–H and O–H groups in total. The average Bonchev–Trinajstić information content (AvgIpc) is 3.87. The number of aliphatic carboxylic acids is 2. The van der Waals surface area contributed by atoms with Crippen molar-refractivity contribution in [1.82, 2.24) is 18.6 Å². The molecule has 0 amide bonds. The van der Waals surface area contributed by atoms with Gasteiger partial charge in [0.25, 0.3) is 0 Å². The van der Waals surface area contributed by atoms with Gasteiger partial charge < -0.3 is 40.4 Å². The number of nitrogens with two attached hydrogens (primary N) is 1. The average molecular weight is 990 g/mol. The number of esters is 1. The van der Waals surface area contributed by atoms with Crippen molar-refractivity contribution in [2.24, 2.45) is 5.73 Å². The normalized spacial score (nSPS) is 17.6. The molecule has 2 aromatic heterocycles. The van der Waals surface area contributed by atoms with E-state index in [1.54, 1.807) is 20.8 Å². The fourth-order valence-corrected chi connectivity index (χ4v) is 7.52. The predicted octanol–water partition coefficient (Wildman–Crippen LogP) is 3.49. The molecule has 4 rings (SSSR count). The van der Waals surface area contributed by atoms with Gasteiger partial charge >= 0.3 is 30.3 Å². The number of aromatic nitrogens is 2. The number of alkyl halides is 6. The Morgan fingerprint density at radius 2 is 1.09 bits per heavy atom. The van der Waals surface area contributed by atoms with Crippen molar-refractivity contribution in [2.75, 3.05) is 45.9 Å². The van der Waals surface area contributed by atoms with Crippen LogP contribution >= 0.6 is 0 Å².